The molecule has 17 heavy (non-hydrogen) atoms. The topological polar surface area (TPSA) is 0 Å². The minimum atomic E-state index is 0.242. The lowest BCUT2D eigenvalue weighted by atomic mass is 9.83. The Labute approximate surface area is 107 Å². The summed E-state index contributed by atoms with van der Waals surface area (Å²) < 4.78 is 0. The normalized spacial score (nSPS) is 13.6. The summed E-state index contributed by atoms with van der Waals surface area (Å²) >= 11 is 1.99. The molecule has 0 unspecified atom stereocenters. The highest BCUT2D eigenvalue weighted by molar-refractivity contribution is 7.12. The zero-order valence-corrected chi connectivity index (χ0v) is 11.7. The van der Waals surface area contributed by atoms with Crippen LogP contribution in [-0.4, -0.2) is 0 Å². The lowest BCUT2D eigenvalue weighted by molar-refractivity contribution is 0.591. The average molecular weight is 242 g/mol. The van der Waals surface area contributed by atoms with Crippen molar-refractivity contribution in [2.24, 2.45) is 0 Å². The Hall–Kier alpha value is -1.08. The van der Waals surface area contributed by atoms with E-state index in [1.165, 1.54) is 21.6 Å². The van der Waals surface area contributed by atoms with Crippen LogP contribution < -0.4 is 0 Å². The number of fused-ring (bicyclic) bond motifs is 3. The van der Waals surface area contributed by atoms with Gasteiger partial charge in [0, 0.05) is 21.7 Å². The summed E-state index contributed by atoms with van der Waals surface area (Å²) in [4.78, 5) is 3.06. The highest BCUT2D eigenvalue weighted by Gasteiger charge is 2.30. The van der Waals surface area contributed by atoms with Crippen molar-refractivity contribution in [3.05, 3.63) is 45.1 Å². The molecule has 0 radical (unpaired) electrons. The van der Waals surface area contributed by atoms with Crippen molar-refractivity contribution in [3.8, 4) is 11.1 Å². The summed E-state index contributed by atoms with van der Waals surface area (Å²) in [6, 6.07) is 8.86. The van der Waals surface area contributed by atoms with Gasteiger partial charge in [-0.3, -0.25) is 0 Å². The molecule has 3 rings (SSSR count). The second-order valence-electron chi connectivity index (χ2n) is 5.92. The highest BCUT2D eigenvalue weighted by atomic mass is 32.1. The van der Waals surface area contributed by atoms with Gasteiger partial charge in [0.25, 0.3) is 0 Å². The van der Waals surface area contributed by atoms with Gasteiger partial charge >= 0.3 is 0 Å². The first-order valence-electron chi connectivity index (χ1n) is 6.19. The summed E-state index contributed by atoms with van der Waals surface area (Å²) in [7, 11) is 0. The van der Waals surface area contributed by atoms with Crippen molar-refractivity contribution in [1.82, 2.24) is 0 Å². The molecule has 1 heteroatoms. The van der Waals surface area contributed by atoms with Crippen molar-refractivity contribution >= 4 is 11.3 Å². The molecule has 0 atom stereocenters. The van der Waals surface area contributed by atoms with E-state index in [2.05, 4.69) is 52.0 Å². The van der Waals surface area contributed by atoms with Crippen LogP contribution in [0.25, 0.3) is 11.1 Å². The maximum absolute atomic E-state index is 2.32. The molecule has 1 aromatic heterocycles. The Bertz CT molecular complexity index is 582. The number of rotatable bonds is 0. The Morgan fingerprint density at radius 2 is 1.82 bits per heavy atom. The van der Waals surface area contributed by atoms with Crippen LogP contribution in [0.1, 0.15) is 41.7 Å². The molecule has 0 spiro atoms. The van der Waals surface area contributed by atoms with E-state index in [0.717, 1.165) is 6.42 Å². The van der Waals surface area contributed by atoms with Gasteiger partial charge in [-0.2, -0.15) is 0 Å². The lowest BCUT2D eigenvalue weighted by Crippen LogP contribution is -2.12. The molecule has 0 aliphatic heterocycles. The van der Waals surface area contributed by atoms with E-state index in [9.17, 15) is 0 Å². The van der Waals surface area contributed by atoms with Crippen LogP contribution in [0.15, 0.2) is 24.3 Å². The Morgan fingerprint density at radius 1 is 1.12 bits per heavy atom. The molecular weight excluding hydrogens is 224 g/mol. The van der Waals surface area contributed by atoms with Crippen molar-refractivity contribution in [2.45, 2.75) is 39.5 Å². The third-order valence-electron chi connectivity index (χ3n) is 3.54. The smallest absolute Gasteiger partial charge is 0.0174 e. The van der Waals surface area contributed by atoms with Crippen LogP contribution in [0.5, 0.6) is 0 Å². The average Bonchev–Trinajstić information content (AvgIpc) is 2.70. The quantitative estimate of drug-likeness (QED) is 0.524. The van der Waals surface area contributed by atoms with Gasteiger partial charge in [0.15, 0.2) is 0 Å². The zero-order chi connectivity index (χ0) is 12.2. The Kier molecular flexibility index (Phi) is 2.24. The highest BCUT2D eigenvalue weighted by Crippen LogP contribution is 2.48. The van der Waals surface area contributed by atoms with Gasteiger partial charge in [-0.1, -0.05) is 45.0 Å². The largest absolute Gasteiger partial charge is 0.144 e. The molecule has 0 nitrogen and oxygen atoms in total. The first-order chi connectivity index (χ1) is 7.98. The first kappa shape index (κ1) is 11.0. The monoisotopic (exact) mass is 242 g/mol. The van der Waals surface area contributed by atoms with E-state index < -0.39 is 0 Å². The molecule has 0 saturated carbocycles. The minimum absolute atomic E-state index is 0.242. The number of benzene rings is 1. The number of hydrogen-bond acceptors (Lipinski definition) is 1. The number of thiophene rings is 1. The van der Waals surface area contributed by atoms with Crippen molar-refractivity contribution in [1.29, 1.82) is 0 Å². The third-order valence-corrected chi connectivity index (χ3v) is 4.65. The van der Waals surface area contributed by atoms with Crippen LogP contribution in [0.2, 0.25) is 0 Å². The predicted octanol–water partition coefficient (Wildman–Crippen LogP) is 4.93. The number of aryl methyl sites for hydroxylation is 1. The molecule has 0 N–H and O–H groups in total. The Balaban J connectivity index is 2.31. The molecule has 88 valence electrons. The van der Waals surface area contributed by atoms with Gasteiger partial charge in [0.1, 0.15) is 0 Å². The lowest BCUT2D eigenvalue weighted by Gasteiger charge is -2.21. The summed E-state index contributed by atoms with van der Waals surface area (Å²) in [5, 5.41) is 0. The van der Waals surface area contributed by atoms with Gasteiger partial charge in [-0.15, -0.1) is 11.3 Å². The molecule has 0 saturated heterocycles. The standard InChI is InChI=1S/C16H18S/c1-10-15(16(2,3)4)14-12-8-6-5-7-11(12)9-13(14)17-10/h5-8H,9H2,1-4H3. The van der Waals surface area contributed by atoms with Crippen LogP contribution in [0.3, 0.4) is 0 Å². The summed E-state index contributed by atoms with van der Waals surface area (Å²) in [6.45, 7) is 9.24. The van der Waals surface area contributed by atoms with E-state index in [-0.39, 0.29) is 5.41 Å². The fraction of sp³-hybridized carbons (Fsp3) is 0.375. The fourth-order valence-electron chi connectivity index (χ4n) is 3.01. The molecule has 1 aliphatic rings. The summed E-state index contributed by atoms with van der Waals surface area (Å²) in [6.07, 6.45) is 1.13. The molecule has 1 aliphatic carbocycles. The van der Waals surface area contributed by atoms with Crippen molar-refractivity contribution in [2.75, 3.05) is 0 Å². The zero-order valence-electron chi connectivity index (χ0n) is 10.9. The molecule has 0 fully saturated rings. The second-order valence-corrected chi connectivity index (χ2v) is 7.22. The molecular formula is C16H18S. The number of hydrogen-bond donors (Lipinski definition) is 0. The van der Waals surface area contributed by atoms with Crippen LogP contribution in [-0.2, 0) is 11.8 Å². The maximum Gasteiger partial charge on any atom is 0.0174 e. The van der Waals surface area contributed by atoms with Crippen molar-refractivity contribution in [3.63, 3.8) is 0 Å². The molecule has 1 aromatic carbocycles. The van der Waals surface area contributed by atoms with Gasteiger partial charge in [-0.05, 0) is 29.0 Å². The fourth-order valence-corrected chi connectivity index (χ4v) is 4.43. The van der Waals surface area contributed by atoms with E-state index in [4.69, 9.17) is 0 Å². The van der Waals surface area contributed by atoms with Crippen molar-refractivity contribution < 1.29 is 0 Å². The van der Waals surface area contributed by atoms with Crippen LogP contribution in [0, 0.1) is 6.92 Å². The van der Waals surface area contributed by atoms with E-state index in [0.29, 0.717) is 0 Å². The van der Waals surface area contributed by atoms with E-state index in [1.807, 2.05) is 11.3 Å². The predicted molar refractivity (Wildman–Crippen MR) is 76.0 cm³/mol. The molecule has 1 heterocycles. The minimum Gasteiger partial charge on any atom is -0.144 e. The van der Waals surface area contributed by atoms with Crippen LogP contribution in [0.4, 0.5) is 0 Å². The SMILES string of the molecule is Cc1sc2c(c1C(C)(C)C)-c1ccccc1C2. The third kappa shape index (κ3) is 1.56. The van der Waals surface area contributed by atoms with Gasteiger partial charge in [-0.25, -0.2) is 0 Å². The van der Waals surface area contributed by atoms with E-state index in [1.54, 1.807) is 10.4 Å². The van der Waals surface area contributed by atoms with Gasteiger partial charge in [0.2, 0.25) is 0 Å². The molecule has 2 aromatic rings. The second kappa shape index (κ2) is 3.46. The molecule has 0 amide bonds. The first-order valence-corrected chi connectivity index (χ1v) is 7.01. The summed E-state index contributed by atoms with van der Waals surface area (Å²) in [5.74, 6) is 0. The van der Waals surface area contributed by atoms with E-state index >= 15 is 0 Å². The molecule has 0 bridgehead atoms. The van der Waals surface area contributed by atoms with Gasteiger partial charge in [0.05, 0.1) is 0 Å². The van der Waals surface area contributed by atoms with Crippen LogP contribution >= 0.6 is 11.3 Å². The maximum atomic E-state index is 2.32. The Morgan fingerprint density at radius 3 is 2.53 bits per heavy atom. The van der Waals surface area contributed by atoms with Gasteiger partial charge < -0.3 is 0 Å². The summed E-state index contributed by atoms with van der Waals surface area (Å²) in [5.41, 5.74) is 6.31.